The number of nitrogens with zero attached hydrogens (tertiary/aromatic N) is 1. The highest BCUT2D eigenvalue weighted by Gasteiger charge is 2.25. The predicted octanol–water partition coefficient (Wildman–Crippen LogP) is 2.98. The lowest BCUT2D eigenvalue weighted by Gasteiger charge is -2.35. The smallest absolute Gasteiger partial charge is 0.322 e. The largest absolute Gasteiger partial charge is 0.372 e. The van der Waals surface area contributed by atoms with E-state index in [1.165, 1.54) is 0 Å². The van der Waals surface area contributed by atoms with Gasteiger partial charge in [-0.3, -0.25) is 0 Å². The van der Waals surface area contributed by atoms with E-state index in [0.29, 0.717) is 23.8 Å². The SMILES string of the molecule is C[C@@H]1CN(C(=O)Nc2cccc(Cl)c2)C[C@H](C)O1. The fourth-order valence-electron chi connectivity index (χ4n) is 2.11. The van der Waals surface area contributed by atoms with Gasteiger partial charge in [-0.15, -0.1) is 0 Å². The van der Waals surface area contributed by atoms with Crippen LogP contribution in [0, 0.1) is 0 Å². The van der Waals surface area contributed by atoms with Gasteiger partial charge in [0.2, 0.25) is 0 Å². The maximum atomic E-state index is 12.1. The van der Waals surface area contributed by atoms with E-state index in [1.54, 1.807) is 17.0 Å². The van der Waals surface area contributed by atoms with Crippen LogP contribution in [-0.4, -0.2) is 36.2 Å². The molecule has 2 amide bonds. The third kappa shape index (κ3) is 3.37. The van der Waals surface area contributed by atoms with Crippen molar-refractivity contribution in [3.05, 3.63) is 29.3 Å². The third-order valence-electron chi connectivity index (χ3n) is 2.78. The van der Waals surface area contributed by atoms with Crippen LogP contribution in [0.1, 0.15) is 13.8 Å². The van der Waals surface area contributed by atoms with Crippen LogP contribution in [0.5, 0.6) is 0 Å². The molecule has 1 heterocycles. The van der Waals surface area contributed by atoms with Crippen LogP contribution in [0.25, 0.3) is 0 Å². The lowest BCUT2D eigenvalue weighted by Crippen LogP contribution is -2.49. The van der Waals surface area contributed by atoms with Crippen LogP contribution in [-0.2, 0) is 4.74 Å². The maximum Gasteiger partial charge on any atom is 0.322 e. The number of morpholine rings is 1. The second-order valence-electron chi connectivity index (χ2n) is 4.60. The van der Waals surface area contributed by atoms with Crippen molar-refractivity contribution in [3.8, 4) is 0 Å². The summed E-state index contributed by atoms with van der Waals surface area (Å²) in [5, 5.41) is 3.45. The highest BCUT2D eigenvalue weighted by atomic mass is 35.5. The van der Waals surface area contributed by atoms with Gasteiger partial charge in [-0.1, -0.05) is 17.7 Å². The number of ether oxygens (including phenoxy) is 1. The van der Waals surface area contributed by atoms with Crippen molar-refractivity contribution in [2.45, 2.75) is 26.1 Å². The fraction of sp³-hybridized carbons (Fsp3) is 0.462. The molecule has 1 aliphatic rings. The number of hydrogen-bond acceptors (Lipinski definition) is 2. The number of carbonyl (C=O) groups is 1. The molecule has 2 atom stereocenters. The number of halogens is 1. The summed E-state index contributed by atoms with van der Waals surface area (Å²) < 4.78 is 5.59. The molecule has 2 rings (SSSR count). The molecule has 0 saturated carbocycles. The fourth-order valence-corrected chi connectivity index (χ4v) is 2.30. The first-order valence-electron chi connectivity index (χ1n) is 6.01. The summed E-state index contributed by atoms with van der Waals surface area (Å²) in [6, 6.07) is 7.02. The van der Waals surface area contributed by atoms with Gasteiger partial charge in [-0.05, 0) is 32.0 Å². The highest BCUT2D eigenvalue weighted by Crippen LogP contribution is 2.17. The number of benzene rings is 1. The molecule has 1 saturated heterocycles. The molecule has 5 heteroatoms. The number of rotatable bonds is 1. The molecule has 1 aliphatic heterocycles. The van der Waals surface area contributed by atoms with Crippen molar-refractivity contribution in [2.75, 3.05) is 18.4 Å². The van der Waals surface area contributed by atoms with Gasteiger partial charge in [0.15, 0.2) is 0 Å². The maximum absolute atomic E-state index is 12.1. The first-order chi connectivity index (χ1) is 8.54. The molecule has 0 aliphatic carbocycles. The van der Waals surface area contributed by atoms with Gasteiger partial charge >= 0.3 is 6.03 Å². The van der Waals surface area contributed by atoms with Gasteiger partial charge in [-0.25, -0.2) is 4.79 Å². The van der Waals surface area contributed by atoms with Gasteiger partial charge < -0.3 is 15.0 Å². The minimum atomic E-state index is -0.112. The molecule has 0 bridgehead atoms. The van der Waals surface area contributed by atoms with Gasteiger partial charge in [-0.2, -0.15) is 0 Å². The van der Waals surface area contributed by atoms with Crippen molar-refractivity contribution in [1.82, 2.24) is 4.90 Å². The topological polar surface area (TPSA) is 41.6 Å². The van der Waals surface area contributed by atoms with E-state index in [9.17, 15) is 4.79 Å². The van der Waals surface area contributed by atoms with Crippen molar-refractivity contribution >= 4 is 23.3 Å². The summed E-state index contributed by atoms with van der Waals surface area (Å²) in [6.07, 6.45) is 0.137. The molecule has 98 valence electrons. The Hall–Kier alpha value is -1.26. The van der Waals surface area contributed by atoms with E-state index in [4.69, 9.17) is 16.3 Å². The Kier molecular flexibility index (Phi) is 4.09. The van der Waals surface area contributed by atoms with E-state index in [1.807, 2.05) is 26.0 Å². The van der Waals surface area contributed by atoms with Gasteiger partial charge in [0.05, 0.1) is 12.2 Å². The Bertz CT molecular complexity index is 429. The number of hydrogen-bond donors (Lipinski definition) is 1. The molecular formula is C13H17ClN2O2. The van der Waals surface area contributed by atoms with E-state index in [0.717, 1.165) is 0 Å². The summed E-state index contributed by atoms with van der Waals surface area (Å²) in [5.41, 5.74) is 0.708. The molecule has 1 aromatic rings. The molecule has 18 heavy (non-hydrogen) atoms. The monoisotopic (exact) mass is 268 g/mol. The number of anilines is 1. The molecule has 0 spiro atoms. The van der Waals surface area contributed by atoms with E-state index >= 15 is 0 Å². The van der Waals surface area contributed by atoms with Gasteiger partial charge in [0.25, 0.3) is 0 Å². The molecule has 0 unspecified atom stereocenters. The van der Waals surface area contributed by atoms with Crippen molar-refractivity contribution in [1.29, 1.82) is 0 Å². The average molecular weight is 269 g/mol. The summed E-state index contributed by atoms with van der Waals surface area (Å²) in [7, 11) is 0. The number of amides is 2. The number of urea groups is 1. The zero-order chi connectivity index (χ0) is 13.1. The zero-order valence-corrected chi connectivity index (χ0v) is 11.3. The Balaban J connectivity index is 1.99. The molecule has 1 N–H and O–H groups in total. The lowest BCUT2D eigenvalue weighted by molar-refractivity contribution is -0.0530. The van der Waals surface area contributed by atoms with Crippen molar-refractivity contribution in [3.63, 3.8) is 0 Å². The summed E-state index contributed by atoms with van der Waals surface area (Å²) in [4.78, 5) is 13.8. The van der Waals surface area contributed by atoms with Crippen LogP contribution in [0.4, 0.5) is 10.5 Å². The van der Waals surface area contributed by atoms with Crippen LogP contribution >= 0.6 is 11.6 Å². The van der Waals surface area contributed by atoms with E-state index in [-0.39, 0.29) is 18.2 Å². The van der Waals surface area contributed by atoms with E-state index in [2.05, 4.69) is 5.32 Å². The Morgan fingerprint density at radius 2 is 2.06 bits per heavy atom. The number of carbonyl (C=O) groups excluding carboxylic acids is 1. The normalized spacial score (nSPS) is 23.8. The predicted molar refractivity (Wildman–Crippen MR) is 72.1 cm³/mol. The van der Waals surface area contributed by atoms with Crippen LogP contribution in [0.3, 0.4) is 0 Å². The highest BCUT2D eigenvalue weighted by molar-refractivity contribution is 6.30. The average Bonchev–Trinajstić information content (AvgIpc) is 2.27. The first kappa shape index (κ1) is 13.2. The second-order valence-corrected chi connectivity index (χ2v) is 5.04. The van der Waals surface area contributed by atoms with Crippen molar-refractivity contribution < 1.29 is 9.53 Å². The molecular weight excluding hydrogens is 252 g/mol. The summed E-state index contributed by atoms with van der Waals surface area (Å²) in [5.74, 6) is 0. The molecule has 1 fully saturated rings. The molecule has 4 nitrogen and oxygen atoms in total. The van der Waals surface area contributed by atoms with Crippen LogP contribution in [0.2, 0.25) is 5.02 Å². The molecule has 1 aromatic carbocycles. The number of nitrogens with one attached hydrogen (secondary N) is 1. The Morgan fingerprint density at radius 3 is 2.67 bits per heavy atom. The van der Waals surface area contributed by atoms with Gasteiger partial charge in [0, 0.05) is 23.8 Å². The standard InChI is InChI=1S/C13H17ClN2O2/c1-9-7-16(8-10(2)18-9)13(17)15-12-5-3-4-11(14)6-12/h3-6,9-10H,7-8H2,1-2H3,(H,15,17)/t9-,10+. The lowest BCUT2D eigenvalue weighted by atomic mass is 10.2. The third-order valence-corrected chi connectivity index (χ3v) is 3.02. The van der Waals surface area contributed by atoms with Crippen LogP contribution in [0.15, 0.2) is 24.3 Å². The Morgan fingerprint density at radius 1 is 1.39 bits per heavy atom. The summed E-state index contributed by atoms with van der Waals surface area (Å²) in [6.45, 7) is 5.15. The Labute approximate surface area is 112 Å². The molecule has 0 radical (unpaired) electrons. The zero-order valence-electron chi connectivity index (χ0n) is 10.5. The second kappa shape index (κ2) is 5.59. The van der Waals surface area contributed by atoms with Crippen molar-refractivity contribution in [2.24, 2.45) is 0 Å². The quantitative estimate of drug-likeness (QED) is 0.851. The summed E-state index contributed by atoms with van der Waals surface area (Å²) >= 11 is 5.88. The minimum Gasteiger partial charge on any atom is -0.372 e. The van der Waals surface area contributed by atoms with Gasteiger partial charge in [0.1, 0.15) is 0 Å². The molecule has 0 aromatic heterocycles. The minimum absolute atomic E-state index is 0.0684. The van der Waals surface area contributed by atoms with Crippen LogP contribution < -0.4 is 5.32 Å². The first-order valence-corrected chi connectivity index (χ1v) is 6.39. The van der Waals surface area contributed by atoms with E-state index < -0.39 is 0 Å².